The second kappa shape index (κ2) is 7.98. The summed E-state index contributed by atoms with van der Waals surface area (Å²) < 4.78 is 14.8. The Morgan fingerprint density at radius 1 is 1.25 bits per heavy atom. The number of anilines is 1. The molecule has 0 radical (unpaired) electrons. The molecule has 4 aromatic rings. The Hall–Kier alpha value is -2.92. The highest BCUT2D eigenvalue weighted by molar-refractivity contribution is 8.00. The third-order valence-electron chi connectivity index (χ3n) is 3.76. The van der Waals surface area contributed by atoms with Gasteiger partial charge in [0.05, 0.1) is 23.0 Å². The summed E-state index contributed by atoms with van der Waals surface area (Å²) in [4.78, 5) is 20.7. The van der Waals surface area contributed by atoms with E-state index in [1.807, 2.05) is 6.92 Å². The molecule has 11 heteroatoms. The topological polar surface area (TPSA) is 98.5 Å². The predicted octanol–water partition coefficient (Wildman–Crippen LogP) is 3.10. The van der Waals surface area contributed by atoms with Gasteiger partial charge >= 0.3 is 0 Å². The number of aromatic nitrogens is 6. The SMILES string of the molecule is CCc1nnc(NC(=O)CSc2ncnc3c2cnn3-c2ccc(F)cc2)s1. The van der Waals surface area contributed by atoms with E-state index in [2.05, 4.69) is 30.6 Å². The summed E-state index contributed by atoms with van der Waals surface area (Å²) in [5.41, 5.74) is 1.27. The third kappa shape index (κ3) is 3.85. The van der Waals surface area contributed by atoms with Crippen LogP contribution in [-0.2, 0) is 11.2 Å². The first kappa shape index (κ1) is 18.4. The zero-order valence-electron chi connectivity index (χ0n) is 14.7. The number of halogens is 1. The predicted molar refractivity (Wildman–Crippen MR) is 105 cm³/mol. The normalized spacial score (nSPS) is 11.1. The summed E-state index contributed by atoms with van der Waals surface area (Å²) in [7, 11) is 0. The molecule has 1 amide bonds. The van der Waals surface area contributed by atoms with Crippen molar-refractivity contribution in [2.75, 3.05) is 11.1 Å². The van der Waals surface area contributed by atoms with Crippen LogP contribution in [0.5, 0.6) is 0 Å². The van der Waals surface area contributed by atoms with Gasteiger partial charge in [-0.1, -0.05) is 30.0 Å². The zero-order valence-corrected chi connectivity index (χ0v) is 16.3. The van der Waals surface area contributed by atoms with Gasteiger partial charge in [0.25, 0.3) is 0 Å². The van der Waals surface area contributed by atoms with Crippen LogP contribution in [0.25, 0.3) is 16.7 Å². The average molecular weight is 415 g/mol. The van der Waals surface area contributed by atoms with Gasteiger partial charge in [0, 0.05) is 0 Å². The number of hydrogen-bond donors (Lipinski definition) is 1. The molecular formula is C17H14FN7OS2. The molecule has 0 saturated heterocycles. The van der Waals surface area contributed by atoms with Gasteiger partial charge in [0.15, 0.2) is 5.65 Å². The first-order valence-electron chi connectivity index (χ1n) is 8.33. The molecule has 0 aliphatic carbocycles. The molecular weight excluding hydrogens is 401 g/mol. The fourth-order valence-electron chi connectivity index (χ4n) is 2.45. The maximum atomic E-state index is 13.2. The van der Waals surface area contributed by atoms with Crippen molar-refractivity contribution in [1.29, 1.82) is 0 Å². The Balaban J connectivity index is 1.50. The molecule has 28 heavy (non-hydrogen) atoms. The smallest absolute Gasteiger partial charge is 0.236 e. The molecule has 142 valence electrons. The standard InChI is InChI=1S/C17H14FN7OS2/c1-2-14-23-24-17(28-14)22-13(26)8-27-16-12-7-21-25(15(12)19-9-20-16)11-5-3-10(18)4-6-11/h3-7,9H,2,8H2,1H3,(H,22,24,26). The van der Waals surface area contributed by atoms with E-state index in [-0.39, 0.29) is 17.5 Å². The number of nitrogens with zero attached hydrogens (tertiary/aromatic N) is 6. The van der Waals surface area contributed by atoms with E-state index in [1.54, 1.807) is 23.0 Å². The number of hydrogen-bond acceptors (Lipinski definition) is 8. The summed E-state index contributed by atoms with van der Waals surface area (Å²) in [5.74, 6) is -0.352. The molecule has 0 atom stereocenters. The monoisotopic (exact) mass is 415 g/mol. The summed E-state index contributed by atoms with van der Waals surface area (Å²) in [6.45, 7) is 1.98. The highest BCUT2D eigenvalue weighted by Crippen LogP contribution is 2.26. The number of aryl methyl sites for hydroxylation is 1. The Labute approximate surface area is 167 Å². The van der Waals surface area contributed by atoms with E-state index >= 15 is 0 Å². The summed E-state index contributed by atoms with van der Waals surface area (Å²) in [6, 6.07) is 5.97. The molecule has 0 aliphatic heterocycles. The lowest BCUT2D eigenvalue weighted by Crippen LogP contribution is -2.14. The maximum Gasteiger partial charge on any atom is 0.236 e. The lowest BCUT2D eigenvalue weighted by Gasteiger charge is -2.04. The number of nitrogens with one attached hydrogen (secondary N) is 1. The largest absolute Gasteiger partial charge is 0.300 e. The number of thioether (sulfide) groups is 1. The van der Waals surface area contributed by atoms with Crippen LogP contribution in [0.3, 0.4) is 0 Å². The van der Waals surface area contributed by atoms with Crippen LogP contribution in [-0.4, -0.2) is 41.6 Å². The van der Waals surface area contributed by atoms with Crippen LogP contribution in [0, 0.1) is 5.82 Å². The Kier molecular flexibility index (Phi) is 5.26. The molecule has 0 spiro atoms. The van der Waals surface area contributed by atoms with Gasteiger partial charge in [0.1, 0.15) is 22.2 Å². The molecule has 3 aromatic heterocycles. The van der Waals surface area contributed by atoms with E-state index in [4.69, 9.17) is 0 Å². The molecule has 8 nitrogen and oxygen atoms in total. The lowest BCUT2D eigenvalue weighted by molar-refractivity contribution is -0.113. The molecule has 3 heterocycles. The van der Waals surface area contributed by atoms with Crippen molar-refractivity contribution in [3.05, 3.63) is 47.6 Å². The number of fused-ring (bicyclic) bond motifs is 1. The van der Waals surface area contributed by atoms with Crippen LogP contribution in [0.15, 0.2) is 41.8 Å². The maximum absolute atomic E-state index is 13.2. The fraction of sp³-hybridized carbons (Fsp3) is 0.176. The van der Waals surface area contributed by atoms with Crippen LogP contribution in [0.1, 0.15) is 11.9 Å². The van der Waals surface area contributed by atoms with E-state index < -0.39 is 0 Å². The fourth-order valence-corrected chi connectivity index (χ4v) is 3.90. The van der Waals surface area contributed by atoms with Crippen molar-refractivity contribution < 1.29 is 9.18 Å². The Morgan fingerprint density at radius 3 is 2.82 bits per heavy atom. The van der Waals surface area contributed by atoms with Gasteiger partial charge in [-0.05, 0) is 30.7 Å². The van der Waals surface area contributed by atoms with Gasteiger partial charge in [-0.15, -0.1) is 10.2 Å². The number of carbonyl (C=O) groups is 1. The second-order valence-corrected chi connectivity index (χ2v) is 7.67. The number of rotatable bonds is 6. The highest BCUT2D eigenvalue weighted by Gasteiger charge is 2.14. The summed E-state index contributed by atoms with van der Waals surface area (Å²) in [5, 5.41) is 17.7. The number of carbonyl (C=O) groups excluding carboxylic acids is 1. The van der Waals surface area contributed by atoms with Gasteiger partial charge in [-0.2, -0.15) is 5.10 Å². The molecule has 1 aromatic carbocycles. The summed E-state index contributed by atoms with van der Waals surface area (Å²) in [6.07, 6.45) is 3.83. The van der Waals surface area contributed by atoms with Gasteiger partial charge in [-0.25, -0.2) is 19.0 Å². The zero-order chi connectivity index (χ0) is 19.5. The molecule has 1 N–H and O–H groups in total. The van der Waals surface area contributed by atoms with E-state index in [9.17, 15) is 9.18 Å². The average Bonchev–Trinajstić information content (AvgIpc) is 3.34. The molecule has 4 rings (SSSR count). The highest BCUT2D eigenvalue weighted by atomic mass is 32.2. The first-order valence-corrected chi connectivity index (χ1v) is 10.1. The van der Waals surface area contributed by atoms with E-state index in [1.165, 1.54) is 41.6 Å². The minimum atomic E-state index is -0.321. The molecule has 0 fully saturated rings. The van der Waals surface area contributed by atoms with Crippen molar-refractivity contribution >= 4 is 45.2 Å². The minimum Gasteiger partial charge on any atom is -0.300 e. The summed E-state index contributed by atoms with van der Waals surface area (Å²) >= 11 is 2.64. The van der Waals surface area contributed by atoms with Crippen LogP contribution >= 0.6 is 23.1 Å². The Bertz CT molecular complexity index is 1130. The van der Waals surface area contributed by atoms with Crippen LogP contribution in [0.2, 0.25) is 0 Å². The molecule has 0 bridgehead atoms. The molecule has 0 aliphatic rings. The minimum absolute atomic E-state index is 0.162. The van der Waals surface area contributed by atoms with Crippen molar-refractivity contribution in [2.45, 2.75) is 18.4 Å². The lowest BCUT2D eigenvalue weighted by atomic mass is 10.3. The molecule has 0 unspecified atom stereocenters. The van der Waals surface area contributed by atoms with Gasteiger partial charge in [0.2, 0.25) is 11.0 Å². The number of benzene rings is 1. The van der Waals surface area contributed by atoms with Crippen LogP contribution in [0.4, 0.5) is 9.52 Å². The van der Waals surface area contributed by atoms with Gasteiger partial charge < -0.3 is 0 Å². The van der Waals surface area contributed by atoms with Crippen LogP contribution < -0.4 is 5.32 Å². The van der Waals surface area contributed by atoms with Gasteiger partial charge in [-0.3, -0.25) is 10.1 Å². The number of amides is 1. The quantitative estimate of drug-likeness (QED) is 0.382. The second-order valence-electron chi connectivity index (χ2n) is 5.64. The van der Waals surface area contributed by atoms with E-state index in [0.717, 1.165) is 11.4 Å². The van der Waals surface area contributed by atoms with Crippen molar-refractivity contribution in [3.63, 3.8) is 0 Å². The molecule has 0 saturated carbocycles. The van der Waals surface area contributed by atoms with Crippen molar-refractivity contribution in [3.8, 4) is 5.69 Å². The van der Waals surface area contributed by atoms with Crippen molar-refractivity contribution in [1.82, 2.24) is 29.9 Å². The Morgan fingerprint density at radius 2 is 2.07 bits per heavy atom. The third-order valence-corrected chi connectivity index (χ3v) is 5.74. The first-order chi connectivity index (χ1) is 13.6. The van der Waals surface area contributed by atoms with E-state index in [0.29, 0.717) is 26.9 Å². The van der Waals surface area contributed by atoms with Crippen molar-refractivity contribution in [2.24, 2.45) is 0 Å².